The number of halogens is 2. The summed E-state index contributed by atoms with van der Waals surface area (Å²) in [7, 11) is 0. The average Bonchev–Trinajstić information content (AvgIpc) is 3.18. The Labute approximate surface area is 149 Å². The fourth-order valence-corrected chi connectivity index (χ4v) is 2.92. The van der Waals surface area contributed by atoms with Crippen molar-refractivity contribution in [3.63, 3.8) is 0 Å². The summed E-state index contributed by atoms with van der Waals surface area (Å²) in [5.74, 6) is -1.53. The van der Waals surface area contributed by atoms with Crippen LogP contribution < -0.4 is 10.6 Å². The van der Waals surface area contributed by atoms with Crippen LogP contribution in [0.2, 0.25) is 0 Å². The molecule has 3 amide bonds. The van der Waals surface area contributed by atoms with Gasteiger partial charge in [0, 0.05) is 19.6 Å². The Kier molecular flexibility index (Phi) is 5.50. The molecular weight excluding hydrogens is 344 g/mol. The summed E-state index contributed by atoms with van der Waals surface area (Å²) in [6.45, 7) is 1.54. The van der Waals surface area contributed by atoms with Gasteiger partial charge in [0.2, 0.25) is 0 Å². The maximum atomic E-state index is 13.5. The first-order valence-corrected chi connectivity index (χ1v) is 8.35. The van der Waals surface area contributed by atoms with Gasteiger partial charge in [0.15, 0.2) is 0 Å². The van der Waals surface area contributed by atoms with Crippen LogP contribution in [0.25, 0.3) is 0 Å². The summed E-state index contributed by atoms with van der Waals surface area (Å²) in [6, 6.07) is 4.34. The Balaban J connectivity index is 1.44. The zero-order valence-electron chi connectivity index (χ0n) is 14.0. The van der Waals surface area contributed by atoms with E-state index in [4.69, 9.17) is 4.42 Å². The van der Waals surface area contributed by atoms with E-state index < -0.39 is 23.4 Å². The van der Waals surface area contributed by atoms with E-state index >= 15 is 0 Å². The number of nitrogens with zero attached hydrogens (tertiary/aromatic N) is 1. The molecule has 6 nitrogen and oxygen atoms in total. The van der Waals surface area contributed by atoms with Gasteiger partial charge in [0.1, 0.15) is 23.6 Å². The number of carbonyl (C=O) groups excluding carboxylic acids is 2. The Morgan fingerprint density at radius 2 is 1.85 bits per heavy atom. The zero-order valence-corrected chi connectivity index (χ0v) is 14.0. The van der Waals surface area contributed by atoms with Crippen LogP contribution in [-0.2, 0) is 0 Å². The molecule has 0 bridgehead atoms. The van der Waals surface area contributed by atoms with E-state index in [-0.39, 0.29) is 11.8 Å². The molecule has 1 aromatic carbocycles. The maximum absolute atomic E-state index is 13.5. The molecule has 0 unspecified atom stereocenters. The second-order valence-electron chi connectivity index (χ2n) is 6.18. The molecule has 26 heavy (non-hydrogen) atoms. The molecule has 0 saturated carbocycles. The van der Waals surface area contributed by atoms with Crippen LogP contribution in [0.4, 0.5) is 19.3 Å². The fourth-order valence-electron chi connectivity index (χ4n) is 2.92. The van der Waals surface area contributed by atoms with Crippen LogP contribution in [0.15, 0.2) is 41.2 Å². The molecule has 2 aromatic rings. The number of likely N-dealkylation sites (tertiary alicyclic amines) is 1. The molecule has 0 aliphatic carbocycles. The third-order valence-corrected chi connectivity index (χ3v) is 4.42. The van der Waals surface area contributed by atoms with Crippen molar-refractivity contribution in [1.29, 1.82) is 0 Å². The highest BCUT2D eigenvalue weighted by atomic mass is 19.1. The lowest BCUT2D eigenvalue weighted by atomic mass is 9.96. The van der Waals surface area contributed by atoms with E-state index in [1.165, 1.54) is 18.6 Å². The summed E-state index contributed by atoms with van der Waals surface area (Å²) in [5.41, 5.74) is 0.0541. The van der Waals surface area contributed by atoms with E-state index in [0.29, 0.717) is 25.2 Å². The van der Waals surface area contributed by atoms with Crippen molar-refractivity contribution in [2.45, 2.75) is 12.8 Å². The standard InChI is InChI=1S/C18H19F2N3O3/c19-14-2-1-3-15(20)16(14)22-18(25)21-10-12-4-7-23(8-5-12)17(24)13-6-9-26-11-13/h1-3,6,9,11-12H,4-5,7-8,10H2,(H2,21,22,25). The third-order valence-electron chi connectivity index (χ3n) is 4.42. The smallest absolute Gasteiger partial charge is 0.319 e. The van der Waals surface area contributed by atoms with Gasteiger partial charge in [-0.3, -0.25) is 4.79 Å². The van der Waals surface area contributed by atoms with E-state index in [1.807, 2.05) is 0 Å². The molecule has 1 aliphatic heterocycles. The van der Waals surface area contributed by atoms with Crippen LogP contribution >= 0.6 is 0 Å². The molecule has 8 heteroatoms. The van der Waals surface area contributed by atoms with Crippen LogP contribution in [0.3, 0.4) is 0 Å². The number of rotatable bonds is 4. The lowest BCUT2D eigenvalue weighted by Crippen LogP contribution is -2.42. The largest absolute Gasteiger partial charge is 0.472 e. The number of anilines is 1. The SMILES string of the molecule is O=C(NCC1CCN(C(=O)c2ccoc2)CC1)Nc1c(F)cccc1F. The first-order valence-electron chi connectivity index (χ1n) is 8.35. The van der Waals surface area contributed by atoms with Gasteiger partial charge in [0.25, 0.3) is 5.91 Å². The van der Waals surface area contributed by atoms with Crippen molar-refractivity contribution < 1.29 is 22.8 Å². The monoisotopic (exact) mass is 363 g/mol. The quantitative estimate of drug-likeness (QED) is 0.876. The van der Waals surface area contributed by atoms with E-state index in [9.17, 15) is 18.4 Å². The van der Waals surface area contributed by atoms with Crippen molar-refractivity contribution in [1.82, 2.24) is 10.2 Å². The number of hydrogen-bond donors (Lipinski definition) is 2. The van der Waals surface area contributed by atoms with E-state index in [1.54, 1.807) is 11.0 Å². The predicted octanol–water partition coefficient (Wildman–Crippen LogP) is 3.23. The molecule has 3 rings (SSSR count). The van der Waals surface area contributed by atoms with Gasteiger partial charge < -0.3 is 20.0 Å². The molecule has 0 radical (unpaired) electrons. The zero-order chi connectivity index (χ0) is 18.5. The van der Waals surface area contributed by atoms with Gasteiger partial charge in [-0.25, -0.2) is 13.6 Å². The van der Waals surface area contributed by atoms with Crippen molar-refractivity contribution in [2.75, 3.05) is 25.0 Å². The number of piperidine rings is 1. The van der Waals surface area contributed by atoms with Crippen LogP contribution in [-0.4, -0.2) is 36.5 Å². The molecule has 2 N–H and O–H groups in total. The number of hydrogen-bond acceptors (Lipinski definition) is 3. The summed E-state index contributed by atoms with van der Waals surface area (Å²) in [4.78, 5) is 25.8. The minimum absolute atomic E-state index is 0.0714. The molecule has 138 valence electrons. The highest BCUT2D eigenvalue weighted by Crippen LogP contribution is 2.20. The minimum atomic E-state index is -0.828. The normalized spacial score (nSPS) is 14.9. The lowest BCUT2D eigenvalue weighted by Gasteiger charge is -2.31. The van der Waals surface area contributed by atoms with Gasteiger partial charge in [0.05, 0.1) is 11.8 Å². The highest BCUT2D eigenvalue weighted by molar-refractivity contribution is 5.93. The summed E-state index contributed by atoms with van der Waals surface area (Å²) in [5, 5.41) is 4.81. The first-order chi connectivity index (χ1) is 12.5. The number of nitrogens with one attached hydrogen (secondary N) is 2. The predicted molar refractivity (Wildman–Crippen MR) is 90.7 cm³/mol. The number of carbonyl (C=O) groups is 2. The van der Waals surface area contributed by atoms with Gasteiger partial charge in [-0.2, -0.15) is 0 Å². The van der Waals surface area contributed by atoms with Crippen molar-refractivity contribution in [3.05, 3.63) is 54.0 Å². The second-order valence-corrected chi connectivity index (χ2v) is 6.18. The molecule has 1 saturated heterocycles. The first kappa shape index (κ1) is 17.9. The molecule has 0 atom stereocenters. The Hall–Kier alpha value is -2.90. The van der Waals surface area contributed by atoms with Gasteiger partial charge in [-0.05, 0) is 37.0 Å². The number of para-hydroxylation sites is 1. The molecule has 1 aromatic heterocycles. The summed E-state index contributed by atoms with van der Waals surface area (Å²) in [6.07, 6.45) is 4.35. The average molecular weight is 363 g/mol. The van der Waals surface area contributed by atoms with Crippen molar-refractivity contribution in [2.24, 2.45) is 5.92 Å². The van der Waals surface area contributed by atoms with Crippen molar-refractivity contribution >= 4 is 17.6 Å². The van der Waals surface area contributed by atoms with Crippen molar-refractivity contribution in [3.8, 4) is 0 Å². The Morgan fingerprint density at radius 1 is 1.15 bits per heavy atom. The Bertz CT molecular complexity index is 752. The Morgan fingerprint density at radius 3 is 2.46 bits per heavy atom. The summed E-state index contributed by atoms with van der Waals surface area (Å²) < 4.78 is 32.0. The number of amides is 3. The van der Waals surface area contributed by atoms with E-state index in [0.717, 1.165) is 25.0 Å². The minimum Gasteiger partial charge on any atom is -0.472 e. The van der Waals surface area contributed by atoms with Crippen LogP contribution in [0, 0.1) is 17.6 Å². The molecule has 0 spiro atoms. The number of benzene rings is 1. The topological polar surface area (TPSA) is 74.6 Å². The number of furan rings is 1. The van der Waals surface area contributed by atoms with Crippen LogP contribution in [0.1, 0.15) is 23.2 Å². The lowest BCUT2D eigenvalue weighted by molar-refractivity contribution is 0.0690. The number of urea groups is 1. The third kappa shape index (κ3) is 4.19. The molecule has 1 aliphatic rings. The highest BCUT2D eigenvalue weighted by Gasteiger charge is 2.24. The molecule has 2 heterocycles. The van der Waals surface area contributed by atoms with Crippen LogP contribution in [0.5, 0.6) is 0 Å². The van der Waals surface area contributed by atoms with Gasteiger partial charge in [-0.1, -0.05) is 6.07 Å². The van der Waals surface area contributed by atoms with Gasteiger partial charge >= 0.3 is 6.03 Å². The molecule has 1 fully saturated rings. The second kappa shape index (κ2) is 7.99. The summed E-state index contributed by atoms with van der Waals surface area (Å²) >= 11 is 0. The molecular formula is C18H19F2N3O3. The van der Waals surface area contributed by atoms with Gasteiger partial charge in [-0.15, -0.1) is 0 Å². The maximum Gasteiger partial charge on any atom is 0.319 e. The van der Waals surface area contributed by atoms with E-state index in [2.05, 4.69) is 10.6 Å². The fraction of sp³-hybridized carbons (Fsp3) is 0.333.